The number of hydrogen-bond acceptors (Lipinski definition) is 5. The molecule has 0 aliphatic carbocycles. The van der Waals surface area contributed by atoms with E-state index in [2.05, 4.69) is 33.0 Å². The Bertz CT molecular complexity index is 984. The number of rotatable bonds is 6. The molecule has 28 heavy (non-hydrogen) atoms. The summed E-state index contributed by atoms with van der Waals surface area (Å²) in [4.78, 5) is 27.6. The molecule has 1 unspecified atom stereocenters. The quantitative estimate of drug-likeness (QED) is 0.474. The number of thiophene rings is 1. The van der Waals surface area contributed by atoms with Crippen molar-refractivity contribution < 1.29 is 9.59 Å². The summed E-state index contributed by atoms with van der Waals surface area (Å²) in [6.45, 7) is 0.351. The number of anilines is 1. The third-order valence-electron chi connectivity index (χ3n) is 4.51. The first-order valence-electron chi connectivity index (χ1n) is 8.86. The van der Waals surface area contributed by atoms with Gasteiger partial charge in [0.1, 0.15) is 0 Å². The molecule has 1 aromatic heterocycles. The monoisotopic (exact) mass is 413 g/mol. The van der Waals surface area contributed by atoms with Gasteiger partial charge in [-0.15, -0.1) is 23.1 Å². The zero-order chi connectivity index (χ0) is 20.1. The van der Waals surface area contributed by atoms with E-state index in [9.17, 15) is 9.59 Å². The summed E-state index contributed by atoms with van der Waals surface area (Å²) < 4.78 is 1.21. The zero-order valence-electron chi connectivity index (χ0n) is 16.1. The number of amides is 2. The summed E-state index contributed by atoms with van der Waals surface area (Å²) in [7, 11) is 3.94. The standard InChI is InChI=1S/C21H23N3O2S2/c1-24(2)17(15-13-28-18-10-6-4-8-14(15)18)12-22-20(25)21(26)23-16-9-5-7-11-19(16)27-3/h4-11,13,17H,12H2,1-3H3,(H,22,25)(H,23,26). The smallest absolute Gasteiger partial charge is 0.313 e. The van der Waals surface area contributed by atoms with E-state index in [1.54, 1.807) is 17.4 Å². The summed E-state index contributed by atoms with van der Waals surface area (Å²) in [5, 5.41) is 8.78. The van der Waals surface area contributed by atoms with Gasteiger partial charge < -0.3 is 15.5 Å². The topological polar surface area (TPSA) is 61.4 Å². The second-order valence-corrected chi connectivity index (χ2v) is 8.29. The van der Waals surface area contributed by atoms with Crippen molar-refractivity contribution in [2.45, 2.75) is 10.9 Å². The number of nitrogens with one attached hydrogen (secondary N) is 2. The van der Waals surface area contributed by atoms with Crippen molar-refractivity contribution in [3.63, 3.8) is 0 Å². The molecule has 0 aliphatic heterocycles. The molecule has 1 atom stereocenters. The van der Waals surface area contributed by atoms with Crippen molar-refractivity contribution in [3.05, 3.63) is 59.5 Å². The minimum Gasteiger partial charge on any atom is -0.346 e. The lowest BCUT2D eigenvalue weighted by Gasteiger charge is -2.24. The van der Waals surface area contributed by atoms with Gasteiger partial charge in [0, 0.05) is 16.1 Å². The van der Waals surface area contributed by atoms with E-state index in [-0.39, 0.29) is 6.04 Å². The first kappa shape index (κ1) is 20.4. The lowest BCUT2D eigenvalue weighted by Crippen LogP contribution is -2.40. The van der Waals surface area contributed by atoms with Crippen molar-refractivity contribution in [2.24, 2.45) is 0 Å². The van der Waals surface area contributed by atoms with Gasteiger partial charge >= 0.3 is 11.8 Å². The Labute approximate surface area is 173 Å². The van der Waals surface area contributed by atoms with Crippen LogP contribution in [0.5, 0.6) is 0 Å². The molecule has 1 heterocycles. The average Bonchev–Trinajstić information content (AvgIpc) is 3.12. The Morgan fingerprint density at radius 3 is 2.54 bits per heavy atom. The van der Waals surface area contributed by atoms with Gasteiger partial charge in [0.05, 0.1) is 11.7 Å². The van der Waals surface area contributed by atoms with E-state index in [4.69, 9.17) is 0 Å². The molecule has 0 saturated heterocycles. The predicted octanol–water partition coefficient (Wildman–Crippen LogP) is 3.98. The number of nitrogens with zero attached hydrogens (tertiary/aromatic N) is 1. The number of carbonyl (C=O) groups excluding carboxylic acids is 2. The van der Waals surface area contributed by atoms with Crippen LogP contribution in [0, 0.1) is 0 Å². The molecule has 2 amide bonds. The fourth-order valence-electron chi connectivity index (χ4n) is 3.02. The fraction of sp³-hybridized carbons (Fsp3) is 0.238. The highest BCUT2D eigenvalue weighted by molar-refractivity contribution is 7.98. The van der Waals surface area contributed by atoms with Crippen LogP contribution in [0.15, 0.2) is 58.8 Å². The highest BCUT2D eigenvalue weighted by atomic mass is 32.2. The summed E-state index contributed by atoms with van der Waals surface area (Å²) in [6, 6.07) is 15.6. The Morgan fingerprint density at radius 1 is 1.07 bits per heavy atom. The first-order chi connectivity index (χ1) is 13.5. The van der Waals surface area contributed by atoms with Gasteiger partial charge in [-0.05, 0) is 54.9 Å². The van der Waals surface area contributed by atoms with Gasteiger partial charge in [0.2, 0.25) is 0 Å². The van der Waals surface area contributed by atoms with Crippen LogP contribution in [0.3, 0.4) is 0 Å². The summed E-state index contributed by atoms with van der Waals surface area (Å²) in [6.07, 6.45) is 1.93. The molecule has 3 aromatic rings. The van der Waals surface area contributed by atoms with Crippen LogP contribution in [-0.4, -0.2) is 43.6 Å². The number of benzene rings is 2. The zero-order valence-corrected chi connectivity index (χ0v) is 17.7. The van der Waals surface area contributed by atoms with Crippen LogP contribution in [0.2, 0.25) is 0 Å². The van der Waals surface area contributed by atoms with Gasteiger partial charge in [0.15, 0.2) is 0 Å². The largest absolute Gasteiger partial charge is 0.346 e. The van der Waals surface area contributed by atoms with Crippen LogP contribution in [0.1, 0.15) is 11.6 Å². The van der Waals surface area contributed by atoms with Crippen LogP contribution in [0.4, 0.5) is 5.69 Å². The molecule has 146 valence electrons. The van der Waals surface area contributed by atoms with E-state index in [0.29, 0.717) is 12.2 Å². The Kier molecular flexibility index (Phi) is 6.72. The van der Waals surface area contributed by atoms with Crippen molar-refractivity contribution >= 4 is 50.7 Å². The highest BCUT2D eigenvalue weighted by Gasteiger charge is 2.21. The molecule has 7 heteroatoms. The van der Waals surface area contributed by atoms with Gasteiger partial charge in [-0.1, -0.05) is 30.3 Å². The van der Waals surface area contributed by atoms with E-state index < -0.39 is 11.8 Å². The third-order valence-corrected chi connectivity index (χ3v) is 6.29. The second kappa shape index (κ2) is 9.23. The molecule has 0 fully saturated rings. The lowest BCUT2D eigenvalue weighted by atomic mass is 10.0. The van der Waals surface area contributed by atoms with E-state index >= 15 is 0 Å². The number of fused-ring (bicyclic) bond motifs is 1. The first-order valence-corrected chi connectivity index (χ1v) is 11.0. The van der Waals surface area contributed by atoms with Crippen LogP contribution in [-0.2, 0) is 9.59 Å². The summed E-state index contributed by atoms with van der Waals surface area (Å²) in [5.74, 6) is -1.29. The maximum Gasteiger partial charge on any atom is 0.313 e. The number of para-hydroxylation sites is 1. The molecule has 0 radical (unpaired) electrons. The van der Waals surface area contributed by atoms with Gasteiger partial charge in [-0.2, -0.15) is 0 Å². The summed E-state index contributed by atoms with van der Waals surface area (Å²) >= 11 is 3.20. The Morgan fingerprint density at radius 2 is 1.79 bits per heavy atom. The molecule has 0 aliphatic rings. The van der Waals surface area contributed by atoms with Crippen LogP contribution in [0.25, 0.3) is 10.1 Å². The Hall–Kier alpha value is -2.35. The molecule has 2 aromatic carbocycles. The van der Waals surface area contributed by atoms with Gasteiger partial charge in [0.25, 0.3) is 0 Å². The van der Waals surface area contributed by atoms with E-state index in [1.807, 2.05) is 50.7 Å². The minimum atomic E-state index is -0.658. The number of thioether (sulfide) groups is 1. The SMILES string of the molecule is CSc1ccccc1NC(=O)C(=O)NCC(c1csc2ccccc12)N(C)C. The van der Waals surface area contributed by atoms with Gasteiger partial charge in [-0.25, -0.2) is 0 Å². The third kappa shape index (κ3) is 4.55. The van der Waals surface area contributed by atoms with Crippen molar-refractivity contribution in [1.82, 2.24) is 10.2 Å². The van der Waals surface area contributed by atoms with Crippen LogP contribution >= 0.6 is 23.1 Å². The van der Waals surface area contributed by atoms with E-state index in [1.165, 1.54) is 21.8 Å². The van der Waals surface area contributed by atoms with Crippen LogP contribution < -0.4 is 10.6 Å². The van der Waals surface area contributed by atoms with Crippen molar-refractivity contribution in [2.75, 3.05) is 32.2 Å². The fourth-order valence-corrected chi connectivity index (χ4v) is 4.59. The Balaban J connectivity index is 1.68. The second-order valence-electron chi connectivity index (χ2n) is 6.53. The average molecular weight is 414 g/mol. The predicted molar refractivity (Wildman–Crippen MR) is 118 cm³/mol. The molecule has 2 N–H and O–H groups in total. The molecule has 3 rings (SSSR count). The molecular weight excluding hydrogens is 390 g/mol. The summed E-state index contributed by atoms with van der Waals surface area (Å²) in [5.41, 5.74) is 1.79. The molecule has 0 bridgehead atoms. The lowest BCUT2D eigenvalue weighted by molar-refractivity contribution is -0.136. The molecule has 0 saturated carbocycles. The maximum atomic E-state index is 12.4. The minimum absolute atomic E-state index is 0.0219. The number of hydrogen-bond donors (Lipinski definition) is 2. The molecule has 5 nitrogen and oxygen atoms in total. The maximum absolute atomic E-state index is 12.4. The van der Waals surface area contributed by atoms with Gasteiger partial charge in [-0.3, -0.25) is 9.59 Å². The van der Waals surface area contributed by atoms with Crippen molar-refractivity contribution in [1.29, 1.82) is 0 Å². The number of likely N-dealkylation sites (N-methyl/N-ethyl adjacent to an activating group) is 1. The van der Waals surface area contributed by atoms with Crippen molar-refractivity contribution in [3.8, 4) is 0 Å². The highest BCUT2D eigenvalue weighted by Crippen LogP contribution is 2.32. The molecule has 0 spiro atoms. The molecular formula is C21H23N3O2S2. The normalized spacial score (nSPS) is 12.1. The van der Waals surface area contributed by atoms with E-state index in [0.717, 1.165) is 10.5 Å². The number of carbonyl (C=O) groups is 2.